The highest BCUT2D eigenvalue weighted by Crippen LogP contribution is 2.39. The SMILES string of the molecule is Cc1nc2ccccc2n2cnc(-c3noc(C4CC4)n3)c12. The number of para-hydroxylation sites is 2. The minimum Gasteiger partial charge on any atom is -0.339 e. The lowest BCUT2D eigenvalue weighted by atomic mass is 10.2. The molecule has 4 aromatic rings. The van der Waals surface area contributed by atoms with Crippen LogP contribution >= 0.6 is 0 Å². The topological polar surface area (TPSA) is 69.1 Å². The second-order valence-electron chi connectivity index (χ2n) is 5.73. The maximum atomic E-state index is 5.36. The molecule has 3 aromatic heterocycles. The number of imidazole rings is 1. The summed E-state index contributed by atoms with van der Waals surface area (Å²) in [5.41, 5.74) is 4.54. The lowest BCUT2D eigenvalue weighted by Crippen LogP contribution is -1.95. The van der Waals surface area contributed by atoms with E-state index in [2.05, 4.69) is 20.1 Å². The Labute approximate surface area is 125 Å². The van der Waals surface area contributed by atoms with Gasteiger partial charge >= 0.3 is 0 Å². The molecule has 22 heavy (non-hydrogen) atoms. The fraction of sp³-hybridized carbons (Fsp3) is 0.250. The molecule has 1 saturated carbocycles. The van der Waals surface area contributed by atoms with Crippen molar-refractivity contribution in [2.75, 3.05) is 0 Å². The van der Waals surface area contributed by atoms with E-state index in [-0.39, 0.29) is 0 Å². The zero-order valence-electron chi connectivity index (χ0n) is 12.0. The van der Waals surface area contributed by atoms with Crippen molar-refractivity contribution in [2.45, 2.75) is 25.7 Å². The van der Waals surface area contributed by atoms with Crippen molar-refractivity contribution in [3.63, 3.8) is 0 Å². The van der Waals surface area contributed by atoms with Gasteiger partial charge in [-0.05, 0) is 31.9 Å². The molecule has 1 aliphatic rings. The summed E-state index contributed by atoms with van der Waals surface area (Å²) in [5.74, 6) is 1.71. The maximum absolute atomic E-state index is 5.36. The number of hydrogen-bond acceptors (Lipinski definition) is 5. The lowest BCUT2D eigenvalue weighted by molar-refractivity contribution is 0.380. The van der Waals surface area contributed by atoms with E-state index in [1.165, 1.54) is 0 Å². The first kappa shape index (κ1) is 11.9. The molecule has 1 aromatic carbocycles. The predicted molar refractivity (Wildman–Crippen MR) is 80.5 cm³/mol. The van der Waals surface area contributed by atoms with Crippen molar-refractivity contribution in [1.82, 2.24) is 24.5 Å². The van der Waals surface area contributed by atoms with Crippen LogP contribution in [0.25, 0.3) is 28.1 Å². The molecule has 0 N–H and O–H groups in total. The number of hydrogen-bond donors (Lipinski definition) is 0. The number of fused-ring (bicyclic) bond motifs is 3. The largest absolute Gasteiger partial charge is 0.339 e. The van der Waals surface area contributed by atoms with Crippen molar-refractivity contribution in [3.8, 4) is 11.5 Å². The van der Waals surface area contributed by atoms with Crippen molar-refractivity contribution < 1.29 is 4.52 Å². The van der Waals surface area contributed by atoms with Gasteiger partial charge in [-0.25, -0.2) is 9.97 Å². The van der Waals surface area contributed by atoms with Crippen LogP contribution in [0.1, 0.15) is 30.3 Å². The molecule has 6 heteroatoms. The standard InChI is InChI=1S/C16H13N5O/c1-9-14-13(15-19-16(22-20-15)10-6-7-10)17-8-21(14)12-5-3-2-4-11(12)18-9/h2-5,8,10H,6-7H2,1H3. The van der Waals surface area contributed by atoms with Crippen LogP contribution in [0.5, 0.6) is 0 Å². The predicted octanol–water partition coefficient (Wildman–Crippen LogP) is 3.12. The monoisotopic (exact) mass is 291 g/mol. The molecule has 0 unspecified atom stereocenters. The zero-order valence-corrected chi connectivity index (χ0v) is 12.0. The number of aromatic nitrogens is 5. The summed E-state index contributed by atoms with van der Waals surface area (Å²) in [6.07, 6.45) is 4.07. The van der Waals surface area contributed by atoms with Gasteiger partial charge in [0.2, 0.25) is 11.7 Å². The number of aryl methyl sites for hydroxylation is 1. The molecule has 0 atom stereocenters. The van der Waals surface area contributed by atoms with Crippen LogP contribution in [0.3, 0.4) is 0 Å². The minimum absolute atomic E-state index is 0.440. The van der Waals surface area contributed by atoms with E-state index in [9.17, 15) is 0 Å². The van der Waals surface area contributed by atoms with E-state index in [1.807, 2.05) is 35.6 Å². The van der Waals surface area contributed by atoms with Crippen molar-refractivity contribution in [3.05, 3.63) is 42.2 Å². The molecular formula is C16H13N5O. The van der Waals surface area contributed by atoms with E-state index in [0.717, 1.165) is 46.7 Å². The molecule has 0 spiro atoms. The second kappa shape index (κ2) is 4.13. The summed E-state index contributed by atoms with van der Waals surface area (Å²) < 4.78 is 7.40. The van der Waals surface area contributed by atoms with Gasteiger partial charge in [0.1, 0.15) is 12.0 Å². The maximum Gasteiger partial charge on any atom is 0.230 e. The smallest absolute Gasteiger partial charge is 0.230 e. The Balaban J connectivity index is 1.78. The molecular weight excluding hydrogens is 278 g/mol. The summed E-state index contributed by atoms with van der Waals surface area (Å²) in [6, 6.07) is 8.02. The lowest BCUT2D eigenvalue weighted by Gasteiger charge is -2.04. The third-order valence-electron chi connectivity index (χ3n) is 4.12. The van der Waals surface area contributed by atoms with Crippen LogP contribution in [0.2, 0.25) is 0 Å². The molecule has 0 aliphatic heterocycles. The molecule has 1 fully saturated rings. The summed E-state index contributed by atoms with van der Waals surface area (Å²) in [5, 5.41) is 4.10. The molecule has 0 saturated heterocycles. The highest BCUT2D eigenvalue weighted by Gasteiger charge is 2.30. The normalized spacial score (nSPS) is 15.0. The third-order valence-corrected chi connectivity index (χ3v) is 4.12. The molecule has 6 nitrogen and oxygen atoms in total. The third kappa shape index (κ3) is 1.60. The molecule has 0 bridgehead atoms. The first-order chi connectivity index (χ1) is 10.8. The van der Waals surface area contributed by atoms with Crippen LogP contribution < -0.4 is 0 Å². The van der Waals surface area contributed by atoms with Crippen LogP contribution in [-0.4, -0.2) is 24.5 Å². The van der Waals surface area contributed by atoms with Crippen molar-refractivity contribution in [1.29, 1.82) is 0 Å². The van der Waals surface area contributed by atoms with Gasteiger partial charge in [-0.15, -0.1) is 0 Å². The van der Waals surface area contributed by atoms with Gasteiger partial charge in [0.15, 0.2) is 0 Å². The van der Waals surface area contributed by atoms with Gasteiger partial charge < -0.3 is 4.52 Å². The zero-order chi connectivity index (χ0) is 14.7. The van der Waals surface area contributed by atoms with Gasteiger partial charge in [0.05, 0.1) is 22.2 Å². The molecule has 108 valence electrons. The quantitative estimate of drug-likeness (QED) is 0.567. The Morgan fingerprint density at radius 2 is 2.05 bits per heavy atom. The fourth-order valence-corrected chi connectivity index (χ4v) is 2.86. The number of nitrogens with zero attached hydrogens (tertiary/aromatic N) is 5. The average molecular weight is 291 g/mol. The first-order valence-electron chi connectivity index (χ1n) is 7.37. The van der Waals surface area contributed by atoms with Gasteiger partial charge in [-0.3, -0.25) is 4.40 Å². The Morgan fingerprint density at radius 1 is 1.18 bits per heavy atom. The van der Waals surface area contributed by atoms with Crippen LogP contribution in [0.4, 0.5) is 0 Å². The Morgan fingerprint density at radius 3 is 2.91 bits per heavy atom. The minimum atomic E-state index is 0.440. The van der Waals surface area contributed by atoms with E-state index < -0.39 is 0 Å². The van der Waals surface area contributed by atoms with Gasteiger partial charge in [-0.2, -0.15) is 4.98 Å². The van der Waals surface area contributed by atoms with E-state index in [4.69, 9.17) is 4.52 Å². The first-order valence-corrected chi connectivity index (χ1v) is 7.37. The average Bonchev–Trinajstić information content (AvgIpc) is 3.10. The van der Waals surface area contributed by atoms with Crippen LogP contribution in [0, 0.1) is 6.92 Å². The number of rotatable bonds is 2. The van der Waals surface area contributed by atoms with Crippen molar-refractivity contribution >= 4 is 16.6 Å². The van der Waals surface area contributed by atoms with Crippen LogP contribution in [0.15, 0.2) is 35.1 Å². The van der Waals surface area contributed by atoms with Crippen molar-refractivity contribution in [2.24, 2.45) is 0 Å². The molecule has 3 heterocycles. The summed E-state index contributed by atoms with van der Waals surface area (Å²) >= 11 is 0. The summed E-state index contributed by atoms with van der Waals surface area (Å²) in [4.78, 5) is 13.7. The highest BCUT2D eigenvalue weighted by molar-refractivity contribution is 5.84. The van der Waals surface area contributed by atoms with Gasteiger partial charge in [0.25, 0.3) is 0 Å². The summed E-state index contributed by atoms with van der Waals surface area (Å²) in [7, 11) is 0. The molecule has 0 radical (unpaired) electrons. The Kier molecular flexibility index (Phi) is 2.22. The Hall–Kier alpha value is -2.76. The van der Waals surface area contributed by atoms with E-state index >= 15 is 0 Å². The summed E-state index contributed by atoms with van der Waals surface area (Å²) in [6.45, 7) is 1.98. The number of benzene rings is 1. The Bertz CT molecular complexity index is 1010. The fourth-order valence-electron chi connectivity index (χ4n) is 2.86. The van der Waals surface area contributed by atoms with E-state index in [1.54, 1.807) is 6.33 Å². The molecule has 0 amide bonds. The van der Waals surface area contributed by atoms with Gasteiger partial charge in [-0.1, -0.05) is 17.3 Å². The van der Waals surface area contributed by atoms with E-state index in [0.29, 0.717) is 11.7 Å². The van der Waals surface area contributed by atoms with Gasteiger partial charge in [0, 0.05) is 5.92 Å². The molecule has 5 rings (SSSR count). The highest BCUT2D eigenvalue weighted by atomic mass is 16.5. The van der Waals surface area contributed by atoms with Crippen LogP contribution in [-0.2, 0) is 0 Å². The molecule has 1 aliphatic carbocycles. The second-order valence-corrected chi connectivity index (χ2v) is 5.73.